The molecule has 0 aliphatic carbocycles. The molecule has 0 N–H and O–H groups in total. The number of hydrogen-bond acceptors (Lipinski definition) is 3. The van der Waals surface area contributed by atoms with Crippen molar-refractivity contribution in [2.24, 2.45) is 0 Å². The Balaban J connectivity index is 3.25. The molecule has 1 aromatic rings. The van der Waals surface area contributed by atoms with E-state index in [0.29, 0.717) is 5.75 Å². The van der Waals surface area contributed by atoms with Gasteiger partial charge in [0.25, 0.3) is 0 Å². The minimum Gasteiger partial charge on any atom is -0.496 e. The van der Waals surface area contributed by atoms with Crippen molar-refractivity contribution in [2.45, 2.75) is 33.6 Å². The molecule has 3 heteroatoms. The number of allylic oxidation sites excluding steroid dienone is 3. The topological polar surface area (TPSA) is 27.7 Å². The van der Waals surface area contributed by atoms with E-state index in [9.17, 15) is 0 Å². The van der Waals surface area contributed by atoms with Crippen molar-refractivity contribution in [1.82, 2.24) is 0 Å². The quantitative estimate of drug-likeness (QED) is 0.676. The van der Waals surface area contributed by atoms with Gasteiger partial charge in [-0.3, -0.25) is 0 Å². The number of benzene rings is 1. The number of aryl methyl sites for hydroxylation is 1. The van der Waals surface area contributed by atoms with Gasteiger partial charge < -0.3 is 14.2 Å². The van der Waals surface area contributed by atoms with Crippen LogP contribution in [0.2, 0.25) is 0 Å². The Kier molecular flexibility index (Phi) is 6.35. The minimum absolute atomic E-state index is 0.691. The van der Waals surface area contributed by atoms with Crippen molar-refractivity contribution >= 4 is 5.57 Å². The van der Waals surface area contributed by atoms with E-state index >= 15 is 0 Å². The smallest absolute Gasteiger partial charge is 0.172 e. The van der Waals surface area contributed by atoms with Crippen LogP contribution >= 0.6 is 0 Å². The molecule has 0 unspecified atom stereocenters. The fourth-order valence-electron chi connectivity index (χ4n) is 2.34. The fourth-order valence-corrected chi connectivity index (χ4v) is 2.34. The Bertz CT molecular complexity index is 538. The fraction of sp³-hybridized carbons (Fsp3) is 0.444. The maximum absolute atomic E-state index is 5.56. The molecule has 0 amide bonds. The zero-order chi connectivity index (χ0) is 16.0. The third kappa shape index (κ3) is 4.03. The number of methoxy groups -OCH3 is 3. The van der Waals surface area contributed by atoms with E-state index in [-0.39, 0.29) is 0 Å². The number of ether oxygens (including phenoxy) is 3. The summed E-state index contributed by atoms with van der Waals surface area (Å²) in [6.07, 6.45) is 4.00. The molecule has 116 valence electrons. The third-order valence-corrected chi connectivity index (χ3v) is 3.37. The first-order chi connectivity index (χ1) is 9.96. The van der Waals surface area contributed by atoms with Crippen molar-refractivity contribution in [2.75, 3.05) is 21.3 Å². The predicted molar refractivity (Wildman–Crippen MR) is 88.5 cm³/mol. The van der Waals surface area contributed by atoms with E-state index in [1.807, 2.05) is 13.0 Å². The van der Waals surface area contributed by atoms with Gasteiger partial charge in [-0.25, -0.2) is 0 Å². The molecule has 0 radical (unpaired) electrons. The largest absolute Gasteiger partial charge is 0.496 e. The lowest BCUT2D eigenvalue weighted by atomic mass is 9.97. The maximum atomic E-state index is 5.56. The Labute approximate surface area is 128 Å². The van der Waals surface area contributed by atoms with Crippen LogP contribution in [0.3, 0.4) is 0 Å². The van der Waals surface area contributed by atoms with Crippen molar-refractivity contribution in [3.05, 3.63) is 35.4 Å². The van der Waals surface area contributed by atoms with Gasteiger partial charge in [-0.15, -0.1) is 0 Å². The highest BCUT2D eigenvalue weighted by Crippen LogP contribution is 2.44. The highest BCUT2D eigenvalue weighted by Gasteiger charge is 2.20. The van der Waals surface area contributed by atoms with E-state index in [1.165, 1.54) is 5.57 Å². The molecule has 0 bridgehead atoms. The van der Waals surface area contributed by atoms with Gasteiger partial charge in [-0.05, 0) is 50.8 Å². The molecule has 21 heavy (non-hydrogen) atoms. The summed E-state index contributed by atoms with van der Waals surface area (Å²) in [5.74, 6) is 2.19. The summed E-state index contributed by atoms with van der Waals surface area (Å²) in [6, 6.07) is 1.96. The van der Waals surface area contributed by atoms with Crippen LogP contribution in [0.4, 0.5) is 0 Å². The zero-order valence-electron chi connectivity index (χ0n) is 14.0. The van der Waals surface area contributed by atoms with Gasteiger partial charge in [0.2, 0.25) is 0 Å². The van der Waals surface area contributed by atoms with Crippen molar-refractivity contribution < 1.29 is 14.2 Å². The highest BCUT2D eigenvalue weighted by atomic mass is 16.5. The maximum Gasteiger partial charge on any atom is 0.172 e. The molecule has 0 aliphatic heterocycles. The molecule has 3 nitrogen and oxygen atoms in total. The molecule has 0 atom stereocenters. The van der Waals surface area contributed by atoms with Crippen LogP contribution < -0.4 is 14.2 Å². The van der Waals surface area contributed by atoms with Crippen LogP contribution in [-0.2, 0) is 0 Å². The van der Waals surface area contributed by atoms with Crippen LogP contribution in [0.1, 0.15) is 37.8 Å². The van der Waals surface area contributed by atoms with Gasteiger partial charge >= 0.3 is 0 Å². The third-order valence-electron chi connectivity index (χ3n) is 3.37. The van der Waals surface area contributed by atoms with E-state index in [1.54, 1.807) is 21.3 Å². The van der Waals surface area contributed by atoms with Crippen LogP contribution in [0, 0.1) is 6.92 Å². The molecule has 1 rings (SSSR count). The van der Waals surface area contributed by atoms with Gasteiger partial charge in [0.05, 0.1) is 26.9 Å². The number of rotatable bonds is 7. The molecule has 0 heterocycles. The molecule has 0 saturated carbocycles. The second-order valence-corrected chi connectivity index (χ2v) is 5.26. The molecular formula is C18H26O3. The normalized spacial score (nSPS) is 10.0. The summed E-state index contributed by atoms with van der Waals surface area (Å²) in [5.41, 5.74) is 4.17. The summed E-state index contributed by atoms with van der Waals surface area (Å²) in [6.45, 7) is 10.4. The molecule has 0 aromatic heterocycles. The lowest BCUT2D eigenvalue weighted by molar-refractivity contribution is 0.345. The Morgan fingerprint density at radius 2 is 1.71 bits per heavy atom. The van der Waals surface area contributed by atoms with Gasteiger partial charge in [-0.1, -0.05) is 18.2 Å². The molecule has 0 spiro atoms. The Morgan fingerprint density at radius 1 is 1.10 bits per heavy atom. The summed E-state index contributed by atoms with van der Waals surface area (Å²) in [7, 11) is 4.95. The van der Waals surface area contributed by atoms with E-state index < -0.39 is 0 Å². The van der Waals surface area contributed by atoms with Gasteiger partial charge in [-0.2, -0.15) is 0 Å². The number of hydrogen-bond donors (Lipinski definition) is 0. The molecule has 0 fully saturated rings. The van der Waals surface area contributed by atoms with E-state index in [2.05, 4.69) is 26.5 Å². The van der Waals surface area contributed by atoms with Crippen LogP contribution in [0.15, 0.2) is 24.3 Å². The Hall–Kier alpha value is -1.90. The van der Waals surface area contributed by atoms with Crippen molar-refractivity contribution in [3.8, 4) is 17.2 Å². The summed E-state index contributed by atoms with van der Waals surface area (Å²) >= 11 is 0. The summed E-state index contributed by atoms with van der Waals surface area (Å²) in [5, 5.41) is 0. The predicted octanol–water partition coefficient (Wildman–Crippen LogP) is 4.78. The summed E-state index contributed by atoms with van der Waals surface area (Å²) < 4.78 is 16.5. The summed E-state index contributed by atoms with van der Waals surface area (Å²) in [4.78, 5) is 0. The second kappa shape index (κ2) is 7.77. The molecular weight excluding hydrogens is 264 g/mol. The second-order valence-electron chi connectivity index (χ2n) is 5.26. The first kappa shape index (κ1) is 17.2. The Morgan fingerprint density at radius 3 is 2.19 bits per heavy atom. The lowest BCUT2D eigenvalue weighted by Gasteiger charge is -2.19. The minimum atomic E-state index is 0.691. The molecule has 0 aliphatic rings. The average molecular weight is 290 g/mol. The zero-order valence-corrected chi connectivity index (χ0v) is 14.0. The van der Waals surface area contributed by atoms with Crippen LogP contribution in [0.5, 0.6) is 17.2 Å². The molecule has 0 saturated heterocycles. The first-order valence-electron chi connectivity index (χ1n) is 7.07. The monoisotopic (exact) mass is 290 g/mol. The molecule has 1 aromatic carbocycles. The van der Waals surface area contributed by atoms with Gasteiger partial charge in [0, 0.05) is 0 Å². The lowest BCUT2D eigenvalue weighted by Crippen LogP contribution is -2.01. The van der Waals surface area contributed by atoms with E-state index in [0.717, 1.165) is 41.0 Å². The van der Waals surface area contributed by atoms with Crippen molar-refractivity contribution in [3.63, 3.8) is 0 Å². The van der Waals surface area contributed by atoms with Crippen LogP contribution in [-0.4, -0.2) is 21.3 Å². The SMILES string of the molecule is C=C(CCC=C(C)C)c1c(OC)cc(C)c(OC)c1OC. The highest BCUT2D eigenvalue weighted by molar-refractivity contribution is 5.78. The van der Waals surface area contributed by atoms with Gasteiger partial charge in [0.15, 0.2) is 11.5 Å². The standard InChI is InChI=1S/C18H26O3/c1-12(2)9-8-10-13(3)16-15(19-5)11-14(4)17(20-6)18(16)21-7/h9,11H,3,8,10H2,1-2,4-7H3. The first-order valence-corrected chi connectivity index (χ1v) is 7.07. The van der Waals surface area contributed by atoms with Crippen molar-refractivity contribution in [1.29, 1.82) is 0 Å². The van der Waals surface area contributed by atoms with Crippen LogP contribution in [0.25, 0.3) is 5.57 Å². The average Bonchev–Trinajstić information content (AvgIpc) is 2.45. The van der Waals surface area contributed by atoms with E-state index in [4.69, 9.17) is 14.2 Å². The van der Waals surface area contributed by atoms with Gasteiger partial charge in [0.1, 0.15) is 5.75 Å².